The lowest BCUT2D eigenvalue weighted by Crippen LogP contribution is -2.45. The Kier molecular flexibility index (Phi) is 4.32. The van der Waals surface area contributed by atoms with Gasteiger partial charge < -0.3 is 5.32 Å². The minimum absolute atomic E-state index is 0.130. The summed E-state index contributed by atoms with van der Waals surface area (Å²) in [6, 6.07) is -0.936. The zero-order valence-corrected chi connectivity index (χ0v) is 12.8. The van der Waals surface area contributed by atoms with E-state index in [2.05, 4.69) is 15.7 Å². The quantitative estimate of drug-likeness (QED) is 0.875. The summed E-state index contributed by atoms with van der Waals surface area (Å²) in [6.07, 6.45) is 0.205. The molecule has 1 saturated heterocycles. The highest BCUT2D eigenvalue weighted by Crippen LogP contribution is 2.25. The molecule has 1 amide bonds. The fourth-order valence-electron chi connectivity index (χ4n) is 2.71. The summed E-state index contributed by atoms with van der Waals surface area (Å²) in [4.78, 5) is 12.0. The largest absolute Gasteiger partial charge is 0.352 e. The van der Waals surface area contributed by atoms with Gasteiger partial charge in [0, 0.05) is 25.2 Å². The van der Waals surface area contributed by atoms with Crippen LogP contribution >= 0.6 is 0 Å². The van der Waals surface area contributed by atoms with Gasteiger partial charge in [0.05, 0.1) is 18.3 Å². The minimum atomic E-state index is -2.79. The van der Waals surface area contributed by atoms with Gasteiger partial charge in [0.15, 0.2) is 0 Å². The van der Waals surface area contributed by atoms with Crippen LogP contribution in [0.15, 0.2) is 0 Å². The highest BCUT2D eigenvalue weighted by atomic mass is 19.3. The molecule has 1 aliphatic heterocycles. The second-order valence-corrected chi connectivity index (χ2v) is 5.88. The molecule has 2 rings (SSSR count). The van der Waals surface area contributed by atoms with Crippen LogP contribution in [0.1, 0.15) is 30.3 Å². The number of aryl methyl sites for hydroxylation is 2. The molecule has 1 aromatic rings. The zero-order valence-electron chi connectivity index (χ0n) is 12.8. The van der Waals surface area contributed by atoms with Gasteiger partial charge in [-0.25, -0.2) is 8.78 Å². The van der Waals surface area contributed by atoms with E-state index in [1.165, 1.54) is 0 Å². The van der Waals surface area contributed by atoms with Crippen LogP contribution in [-0.4, -0.2) is 40.2 Å². The molecule has 0 saturated carbocycles. The lowest BCUT2D eigenvalue weighted by atomic mass is 10.0. The van der Waals surface area contributed by atoms with E-state index < -0.39 is 24.9 Å². The Hall–Kier alpha value is -1.50. The number of hydrogen-bond acceptors (Lipinski definition) is 3. The molecule has 0 radical (unpaired) electrons. The average molecular weight is 300 g/mol. The van der Waals surface area contributed by atoms with Crippen molar-refractivity contribution in [3.05, 3.63) is 17.0 Å². The predicted molar refractivity (Wildman–Crippen MR) is 75.3 cm³/mol. The Bertz CT molecular complexity index is 541. The molecule has 1 aliphatic rings. The van der Waals surface area contributed by atoms with Crippen molar-refractivity contribution in [2.24, 2.45) is 7.05 Å². The van der Waals surface area contributed by atoms with E-state index in [1.807, 2.05) is 27.8 Å². The van der Waals surface area contributed by atoms with Crippen LogP contribution in [-0.2, 0) is 18.3 Å². The zero-order chi connectivity index (χ0) is 15.8. The van der Waals surface area contributed by atoms with Crippen LogP contribution in [0, 0.1) is 13.8 Å². The predicted octanol–water partition coefficient (Wildman–Crippen LogP) is 1.08. The summed E-state index contributed by atoms with van der Waals surface area (Å²) >= 11 is 0. The monoisotopic (exact) mass is 300 g/mol. The molecule has 0 spiro atoms. The molecule has 5 nitrogen and oxygen atoms in total. The van der Waals surface area contributed by atoms with Crippen LogP contribution in [0.2, 0.25) is 0 Å². The van der Waals surface area contributed by atoms with Gasteiger partial charge in [0.2, 0.25) is 5.91 Å². The number of alkyl halides is 2. The van der Waals surface area contributed by atoms with Gasteiger partial charge in [0.1, 0.15) is 0 Å². The van der Waals surface area contributed by atoms with Crippen molar-refractivity contribution >= 4 is 5.91 Å². The highest BCUT2D eigenvalue weighted by Gasteiger charge is 2.42. The fourth-order valence-corrected chi connectivity index (χ4v) is 2.71. The Balaban J connectivity index is 1.93. The molecule has 0 aliphatic carbocycles. The molecule has 2 N–H and O–H groups in total. The van der Waals surface area contributed by atoms with Crippen molar-refractivity contribution in [3.8, 4) is 0 Å². The van der Waals surface area contributed by atoms with Crippen LogP contribution in [0.3, 0.4) is 0 Å². The molecule has 2 atom stereocenters. The molecule has 7 heteroatoms. The second-order valence-electron chi connectivity index (χ2n) is 5.88. The molecule has 118 valence electrons. The molecular formula is C14H22F2N4O. The molecular weight excluding hydrogens is 278 g/mol. The van der Waals surface area contributed by atoms with Gasteiger partial charge in [-0.3, -0.25) is 14.8 Å². The number of rotatable bonds is 4. The first-order valence-electron chi connectivity index (χ1n) is 7.10. The van der Waals surface area contributed by atoms with Gasteiger partial charge >= 0.3 is 0 Å². The summed E-state index contributed by atoms with van der Waals surface area (Å²) in [5.74, 6) is -3.15. The molecule has 1 fully saturated rings. The van der Waals surface area contributed by atoms with Crippen LogP contribution in [0.25, 0.3) is 0 Å². The maximum atomic E-state index is 13.1. The SMILES string of the molecule is Cc1nn(C)c(C)c1CC(C)NC(=O)C1CC(F)(F)CN1. The normalized spacial score (nSPS) is 22.3. The molecule has 2 unspecified atom stereocenters. The lowest BCUT2D eigenvalue weighted by Gasteiger charge is -2.17. The average Bonchev–Trinajstić information content (AvgIpc) is 2.84. The van der Waals surface area contributed by atoms with E-state index in [0.717, 1.165) is 17.0 Å². The number of carbonyl (C=O) groups excluding carboxylic acids is 1. The van der Waals surface area contributed by atoms with Crippen molar-refractivity contribution in [2.45, 2.75) is 51.6 Å². The van der Waals surface area contributed by atoms with Crippen LogP contribution < -0.4 is 10.6 Å². The van der Waals surface area contributed by atoms with Crippen molar-refractivity contribution in [3.63, 3.8) is 0 Å². The number of halogens is 2. The number of amides is 1. The first kappa shape index (κ1) is 15.9. The third-order valence-electron chi connectivity index (χ3n) is 3.98. The summed E-state index contributed by atoms with van der Waals surface area (Å²) in [7, 11) is 1.87. The van der Waals surface area contributed by atoms with Crippen molar-refractivity contribution in [2.75, 3.05) is 6.54 Å². The first-order valence-corrected chi connectivity index (χ1v) is 7.10. The summed E-state index contributed by atoms with van der Waals surface area (Å²) < 4.78 is 28.0. The van der Waals surface area contributed by atoms with E-state index in [0.29, 0.717) is 6.42 Å². The summed E-state index contributed by atoms with van der Waals surface area (Å²) in [6.45, 7) is 5.34. The smallest absolute Gasteiger partial charge is 0.262 e. The fraction of sp³-hybridized carbons (Fsp3) is 0.714. The molecule has 0 aromatic carbocycles. The van der Waals surface area contributed by atoms with E-state index >= 15 is 0 Å². The third kappa shape index (κ3) is 3.58. The van der Waals surface area contributed by atoms with Gasteiger partial charge in [-0.05, 0) is 32.8 Å². The standard InChI is InChI=1S/C14H22F2N4O/c1-8(5-11-9(2)19-20(4)10(11)3)18-13(21)12-6-14(15,16)7-17-12/h8,12,17H,5-7H2,1-4H3,(H,18,21). The Morgan fingerprint density at radius 1 is 1.57 bits per heavy atom. The van der Waals surface area contributed by atoms with Crippen molar-refractivity contribution in [1.82, 2.24) is 20.4 Å². The minimum Gasteiger partial charge on any atom is -0.352 e. The number of aromatic nitrogens is 2. The van der Waals surface area contributed by atoms with E-state index in [9.17, 15) is 13.6 Å². The molecule has 1 aromatic heterocycles. The van der Waals surface area contributed by atoms with E-state index in [-0.39, 0.29) is 11.9 Å². The number of carbonyl (C=O) groups is 1. The van der Waals surface area contributed by atoms with Crippen molar-refractivity contribution < 1.29 is 13.6 Å². The first-order chi connectivity index (χ1) is 9.69. The van der Waals surface area contributed by atoms with E-state index in [1.54, 1.807) is 4.68 Å². The Labute approximate surface area is 123 Å². The lowest BCUT2D eigenvalue weighted by molar-refractivity contribution is -0.124. The van der Waals surface area contributed by atoms with Crippen molar-refractivity contribution in [1.29, 1.82) is 0 Å². The van der Waals surface area contributed by atoms with Crippen LogP contribution in [0.4, 0.5) is 8.78 Å². The molecule has 2 heterocycles. The van der Waals surface area contributed by atoms with E-state index in [4.69, 9.17) is 0 Å². The molecule has 21 heavy (non-hydrogen) atoms. The Morgan fingerprint density at radius 2 is 2.24 bits per heavy atom. The number of nitrogens with one attached hydrogen (secondary N) is 2. The second kappa shape index (κ2) is 5.71. The van der Waals surface area contributed by atoms with Gasteiger partial charge in [-0.2, -0.15) is 5.10 Å². The summed E-state index contributed by atoms with van der Waals surface area (Å²) in [5.41, 5.74) is 3.08. The van der Waals surface area contributed by atoms with Crippen LogP contribution in [0.5, 0.6) is 0 Å². The maximum Gasteiger partial charge on any atom is 0.262 e. The van der Waals surface area contributed by atoms with Gasteiger partial charge in [-0.1, -0.05) is 0 Å². The number of nitrogens with zero attached hydrogens (tertiary/aromatic N) is 2. The number of hydrogen-bond donors (Lipinski definition) is 2. The maximum absolute atomic E-state index is 13.1. The Morgan fingerprint density at radius 3 is 2.71 bits per heavy atom. The van der Waals surface area contributed by atoms with Gasteiger partial charge in [0.25, 0.3) is 5.92 Å². The summed E-state index contributed by atoms with van der Waals surface area (Å²) in [5, 5.41) is 9.70. The highest BCUT2D eigenvalue weighted by molar-refractivity contribution is 5.82. The molecule has 0 bridgehead atoms. The topological polar surface area (TPSA) is 59.0 Å². The van der Waals surface area contributed by atoms with Gasteiger partial charge in [-0.15, -0.1) is 0 Å². The third-order valence-corrected chi connectivity index (χ3v) is 3.98.